The molecule has 0 radical (unpaired) electrons. The highest BCUT2D eigenvalue weighted by atomic mass is 31.1. The van der Waals surface area contributed by atoms with Crippen molar-refractivity contribution in [3.05, 3.63) is 95.1 Å². The van der Waals surface area contributed by atoms with Crippen LogP contribution in [0.4, 0.5) is 0 Å². The lowest BCUT2D eigenvalue weighted by molar-refractivity contribution is 0.221. The summed E-state index contributed by atoms with van der Waals surface area (Å²) in [6, 6.07) is 26.9. The van der Waals surface area contributed by atoms with Crippen LogP contribution in [-0.4, -0.2) is 25.1 Å². The van der Waals surface area contributed by atoms with Gasteiger partial charge < -0.3 is 4.74 Å². The summed E-state index contributed by atoms with van der Waals surface area (Å²) in [4.78, 5) is 2.65. The van der Waals surface area contributed by atoms with Crippen LogP contribution < -0.4 is 10.0 Å². The summed E-state index contributed by atoms with van der Waals surface area (Å²) in [5.41, 5.74) is 5.63. The van der Waals surface area contributed by atoms with Crippen molar-refractivity contribution in [2.75, 3.05) is 20.2 Å². The first kappa shape index (κ1) is 25.9. The second kappa shape index (κ2) is 12.7. The highest BCUT2D eigenvalue weighted by molar-refractivity contribution is 7.48. The fourth-order valence-corrected chi connectivity index (χ4v) is 7.51. The van der Waals surface area contributed by atoms with Gasteiger partial charge >= 0.3 is 0 Å². The second-order valence-electron chi connectivity index (χ2n) is 10.0. The fraction of sp³-hybridized carbons (Fsp3) is 0.438. The van der Waals surface area contributed by atoms with Gasteiger partial charge in [0.05, 0.1) is 7.11 Å². The van der Waals surface area contributed by atoms with Crippen molar-refractivity contribution < 1.29 is 4.74 Å². The van der Waals surface area contributed by atoms with Gasteiger partial charge in [0, 0.05) is 17.3 Å². The number of hydrogen-bond acceptors (Lipinski definition) is 2. The van der Waals surface area contributed by atoms with Crippen molar-refractivity contribution in [1.29, 1.82) is 0 Å². The molecule has 3 aromatic rings. The zero-order valence-corrected chi connectivity index (χ0v) is 22.9. The number of benzene rings is 3. The van der Waals surface area contributed by atoms with Crippen LogP contribution in [0.5, 0.6) is 5.75 Å². The molecule has 0 spiro atoms. The molecule has 186 valence electrons. The molecule has 3 heteroatoms. The summed E-state index contributed by atoms with van der Waals surface area (Å²) in [6.07, 6.45) is 8.47. The molecular weight excluding hydrogens is 445 g/mol. The molecule has 3 aromatic carbocycles. The van der Waals surface area contributed by atoms with Crippen LogP contribution in [0.2, 0.25) is 0 Å². The monoisotopic (exact) mass is 487 g/mol. The Morgan fingerprint density at radius 3 is 2.31 bits per heavy atom. The van der Waals surface area contributed by atoms with Crippen molar-refractivity contribution >= 4 is 13.9 Å². The van der Waals surface area contributed by atoms with Gasteiger partial charge in [-0.25, -0.2) is 0 Å². The Morgan fingerprint density at radius 2 is 1.60 bits per heavy atom. The molecule has 35 heavy (non-hydrogen) atoms. The molecule has 1 aliphatic rings. The number of piperidine rings is 1. The quantitative estimate of drug-likeness (QED) is 0.257. The van der Waals surface area contributed by atoms with Crippen LogP contribution >= 0.6 is 8.58 Å². The topological polar surface area (TPSA) is 12.5 Å². The van der Waals surface area contributed by atoms with Gasteiger partial charge in [-0.3, -0.25) is 4.90 Å². The molecule has 2 nitrogen and oxygen atoms in total. The fourth-order valence-electron chi connectivity index (χ4n) is 5.61. The van der Waals surface area contributed by atoms with Crippen molar-refractivity contribution in [3.8, 4) is 5.75 Å². The zero-order valence-electron chi connectivity index (χ0n) is 21.9. The number of methoxy groups -OCH3 is 1. The van der Waals surface area contributed by atoms with Crippen LogP contribution in [0.1, 0.15) is 74.6 Å². The third-order valence-corrected chi connectivity index (χ3v) is 9.65. The molecule has 1 fully saturated rings. The highest BCUT2D eigenvalue weighted by Gasteiger charge is 2.34. The van der Waals surface area contributed by atoms with E-state index in [9.17, 15) is 0 Å². The van der Waals surface area contributed by atoms with E-state index in [1.165, 1.54) is 72.8 Å². The first-order valence-electron chi connectivity index (χ1n) is 13.5. The summed E-state index contributed by atoms with van der Waals surface area (Å²) in [7, 11) is 2.56. The zero-order chi connectivity index (χ0) is 24.5. The van der Waals surface area contributed by atoms with Gasteiger partial charge in [0.15, 0.2) is 0 Å². The minimum Gasteiger partial charge on any atom is -0.496 e. The normalized spacial score (nSPS) is 16.4. The van der Waals surface area contributed by atoms with E-state index in [-0.39, 0.29) is 5.16 Å². The molecule has 1 aliphatic heterocycles. The maximum atomic E-state index is 5.99. The van der Waals surface area contributed by atoms with E-state index in [2.05, 4.69) is 91.5 Å². The van der Waals surface area contributed by atoms with E-state index in [1.807, 2.05) is 7.11 Å². The van der Waals surface area contributed by atoms with E-state index in [0.29, 0.717) is 0 Å². The molecule has 2 unspecified atom stereocenters. The minimum absolute atomic E-state index is 0.0881. The highest BCUT2D eigenvalue weighted by Crippen LogP contribution is 2.51. The Balaban J connectivity index is 1.69. The van der Waals surface area contributed by atoms with Crippen LogP contribution in [0, 0.1) is 0 Å². The summed E-state index contributed by atoms with van der Waals surface area (Å²) >= 11 is 0. The maximum absolute atomic E-state index is 5.99. The standard InChI is InChI=1S/C32H42NOP/c1-4-20-32(5-2,35-31-17-11-10-16-28(31)25-33-21-12-7-13-22-33)29-24-27(18-19-30(29)34-3)23-26-14-8-6-9-15-26/h6,8-11,14-19,24,35H,4-5,7,12-13,20-23,25H2,1-3H3. The lowest BCUT2D eigenvalue weighted by Crippen LogP contribution is -2.31. The predicted octanol–water partition coefficient (Wildman–Crippen LogP) is 7.68. The summed E-state index contributed by atoms with van der Waals surface area (Å²) in [5, 5.41) is 1.62. The van der Waals surface area contributed by atoms with Gasteiger partial charge in [0.2, 0.25) is 0 Å². The van der Waals surface area contributed by atoms with E-state index < -0.39 is 0 Å². The van der Waals surface area contributed by atoms with Crippen molar-refractivity contribution in [3.63, 3.8) is 0 Å². The number of likely N-dealkylation sites (tertiary alicyclic amines) is 1. The largest absolute Gasteiger partial charge is 0.496 e. The van der Waals surface area contributed by atoms with Gasteiger partial charge in [-0.1, -0.05) is 102 Å². The Morgan fingerprint density at radius 1 is 0.857 bits per heavy atom. The average molecular weight is 488 g/mol. The lowest BCUT2D eigenvalue weighted by atomic mass is 9.88. The smallest absolute Gasteiger partial charge is 0.122 e. The first-order valence-corrected chi connectivity index (χ1v) is 14.5. The van der Waals surface area contributed by atoms with E-state index in [4.69, 9.17) is 4.74 Å². The van der Waals surface area contributed by atoms with Gasteiger partial charge in [-0.2, -0.15) is 0 Å². The van der Waals surface area contributed by atoms with E-state index >= 15 is 0 Å². The molecule has 0 aromatic heterocycles. The molecule has 1 saturated heterocycles. The van der Waals surface area contributed by atoms with Crippen LogP contribution in [0.3, 0.4) is 0 Å². The summed E-state index contributed by atoms with van der Waals surface area (Å²) < 4.78 is 5.99. The molecule has 0 amide bonds. The van der Waals surface area contributed by atoms with Crippen molar-refractivity contribution in [1.82, 2.24) is 4.90 Å². The molecular formula is C32H42NOP. The average Bonchev–Trinajstić information content (AvgIpc) is 2.90. The van der Waals surface area contributed by atoms with Crippen molar-refractivity contribution in [2.45, 2.75) is 70.5 Å². The van der Waals surface area contributed by atoms with Crippen LogP contribution in [-0.2, 0) is 18.1 Å². The van der Waals surface area contributed by atoms with Crippen LogP contribution in [0.25, 0.3) is 0 Å². The first-order chi connectivity index (χ1) is 17.2. The summed E-state index contributed by atoms with van der Waals surface area (Å²) in [5.74, 6) is 1.04. The molecule has 2 atom stereocenters. The van der Waals surface area contributed by atoms with Gasteiger partial charge in [0.25, 0.3) is 0 Å². The van der Waals surface area contributed by atoms with Crippen molar-refractivity contribution in [2.24, 2.45) is 0 Å². The molecule has 0 saturated carbocycles. The van der Waals surface area contributed by atoms with Crippen LogP contribution in [0.15, 0.2) is 72.8 Å². The molecule has 0 bridgehead atoms. The Hall–Kier alpha value is -2.15. The maximum Gasteiger partial charge on any atom is 0.122 e. The molecule has 1 heterocycles. The second-order valence-corrected chi connectivity index (χ2v) is 11.7. The predicted molar refractivity (Wildman–Crippen MR) is 153 cm³/mol. The molecule has 4 rings (SSSR count). The lowest BCUT2D eigenvalue weighted by Gasteiger charge is -2.36. The van der Waals surface area contributed by atoms with Gasteiger partial charge in [-0.05, 0) is 73.3 Å². The molecule has 0 aliphatic carbocycles. The Labute approximate surface area is 214 Å². The Bertz CT molecular complexity index is 1060. The van der Waals surface area contributed by atoms with E-state index in [1.54, 1.807) is 0 Å². The summed E-state index contributed by atoms with van der Waals surface area (Å²) in [6.45, 7) is 8.26. The van der Waals surface area contributed by atoms with Gasteiger partial charge in [-0.15, -0.1) is 0 Å². The Kier molecular flexibility index (Phi) is 9.41. The minimum atomic E-state index is 0.0881. The number of hydrogen-bond donors (Lipinski definition) is 0. The number of rotatable bonds is 11. The number of ether oxygens (including phenoxy) is 1. The van der Waals surface area contributed by atoms with Gasteiger partial charge in [0.1, 0.15) is 5.75 Å². The third-order valence-electron chi connectivity index (χ3n) is 7.54. The third kappa shape index (κ3) is 6.54. The SMILES string of the molecule is CCCC(CC)(Pc1ccccc1CN1CCCCC1)c1cc(Cc2ccccc2)ccc1OC. The molecule has 0 N–H and O–H groups in total. The van der Waals surface area contributed by atoms with E-state index in [0.717, 1.165) is 33.7 Å². The number of nitrogens with zero attached hydrogens (tertiary/aromatic N) is 1.